The van der Waals surface area contributed by atoms with Crippen LogP contribution < -0.4 is 5.32 Å². The van der Waals surface area contributed by atoms with Gasteiger partial charge in [-0.05, 0) is 30.3 Å². The lowest BCUT2D eigenvalue weighted by molar-refractivity contribution is -0.113. The first-order chi connectivity index (χ1) is 9.69. The molecule has 5 heteroatoms. The number of hydrogen-bond donors (Lipinski definition) is 1. The van der Waals surface area contributed by atoms with Crippen molar-refractivity contribution in [3.05, 3.63) is 59.1 Å². The third-order valence-electron chi connectivity index (χ3n) is 2.48. The summed E-state index contributed by atoms with van der Waals surface area (Å²) in [6.07, 6.45) is 0. The van der Waals surface area contributed by atoms with Crippen LogP contribution in [0.25, 0.3) is 0 Å². The van der Waals surface area contributed by atoms with Gasteiger partial charge in [0.1, 0.15) is 0 Å². The molecule has 0 atom stereocenters. The second-order valence-electron chi connectivity index (χ2n) is 3.96. The van der Waals surface area contributed by atoms with Crippen LogP contribution in [0.2, 0.25) is 5.02 Å². The number of nitriles is 1. The topological polar surface area (TPSA) is 52.9 Å². The normalized spacial score (nSPS) is 9.80. The lowest BCUT2D eigenvalue weighted by Gasteiger charge is -2.07. The lowest BCUT2D eigenvalue weighted by atomic mass is 10.2. The third kappa shape index (κ3) is 4.02. The van der Waals surface area contributed by atoms with Crippen molar-refractivity contribution in [1.82, 2.24) is 0 Å². The Labute approximate surface area is 126 Å². The molecule has 1 N–H and O–H groups in total. The molecule has 20 heavy (non-hydrogen) atoms. The lowest BCUT2D eigenvalue weighted by Crippen LogP contribution is -2.14. The van der Waals surface area contributed by atoms with Crippen LogP contribution in [0.5, 0.6) is 0 Å². The molecule has 0 heterocycles. The fourth-order valence-corrected chi connectivity index (χ4v) is 2.43. The Morgan fingerprint density at radius 3 is 2.70 bits per heavy atom. The molecule has 3 nitrogen and oxygen atoms in total. The molecule has 0 aliphatic rings. The van der Waals surface area contributed by atoms with Gasteiger partial charge in [0.15, 0.2) is 0 Å². The number of carbonyl (C=O) groups is 1. The van der Waals surface area contributed by atoms with Crippen LogP contribution >= 0.6 is 23.4 Å². The van der Waals surface area contributed by atoms with E-state index < -0.39 is 0 Å². The van der Waals surface area contributed by atoms with Gasteiger partial charge in [0.25, 0.3) is 0 Å². The van der Waals surface area contributed by atoms with Gasteiger partial charge in [0.2, 0.25) is 5.91 Å². The molecule has 2 aromatic carbocycles. The van der Waals surface area contributed by atoms with Crippen LogP contribution in [-0.4, -0.2) is 11.7 Å². The molecular formula is C15H11ClN2OS. The fraction of sp³-hybridized carbons (Fsp3) is 0.0667. The van der Waals surface area contributed by atoms with E-state index in [2.05, 4.69) is 5.32 Å². The summed E-state index contributed by atoms with van der Waals surface area (Å²) >= 11 is 7.43. The van der Waals surface area contributed by atoms with Gasteiger partial charge in [-0.25, -0.2) is 0 Å². The van der Waals surface area contributed by atoms with E-state index >= 15 is 0 Å². The van der Waals surface area contributed by atoms with Gasteiger partial charge >= 0.3 is 0 Å². The number of nitrogens with zero attached hydrogens (tertiary/aromatic N) is 1. The highest BCUT2D eigenvalue weighted by atomic mass is 35.5. The molecule has 1 amide bonds. The zero-order valence-corrected chi connectivity index (χ0v) is 12.0. The average molecular weight is 303 g/mol. The maximum Gasteiger partial charge on any atom is 0.234 e. The number of halogens is 1. The summed E-state index contributed by atoms with van der Waals surface area (Å²) in [7, 11) is 0. The highest BCUT2D eigenvalue weighted by molar-refractivity contribution is 8.00. The highest BCUT2D eigenvalue weighted by Gasteiger charge is 2.07. The van der Waals surface area contributed by atoms with Gasteiger partial charge in [0, 0.05) is 4.90 Å². The van der Waals surface area contributed by atoms with Crippen LogP contribution in [0.4, 0.5) is 5.69 Å². The molecule has 0 fully saturated rings. The number of anilines is 1. The van der Waals surface area contributed by atoms with Gasteiger partial charge in [0.05, 0.1) is 28.1 Å². The maximum absolute atomic E-state index is 11.9. The number of amides is 1. The summed E-state index contributed by atoms with van der Waals surface area (Å²) < 4.78 is 0. The molecule has 0 bridgehead atoms. The Balaban J connectivity index is 1.97. The van der Waals surface area contributed by atoms with Crippen molar-refractivity contribution in [1.29, 1.82) is 5.26 Å². The van der Waals surface area contributed by atoms with Crippen molar-refractivity contribution >= 4 is 35.0 Å². The van der Waals surface area contributed by atoms with Gasteiger partial charge in [-0.3, -0.25) is 4.79 Å². The van der Waals surface area contributed by atoms with E-state index in [1.807, 2.05) is 36.4 Å². The Kier molecular flexibility index (Phi) is 5.05. The molecule has 2 rings (SSSR count). The maximum atomic E-state index is 11.9. The molecule has 0 unspecified atom stereocenters. The zero-order valence-electron chi connectivity index (χ0n) is 10.5. The molecule has 0 saturated heterocycles. The number of hydrogen-bond acceptors (Lipinski definition) is 3. The smallest absolute Gasteiger partial charge is 0.234 e. The second-order valence-corrected chi connectivity index (χ2v) is 5.41. The Hall–Kier alpha value is -1.96. The van der Waals surface area contributed by atoms with Crippen molar-refractivity contribution < 1.29 is 4.79 Å². The number of nitrogens with one attached hydrogen (secondary N) is 1. The molecule has 0 saturated carbocycles. The minimum Gasteiger partial charge on any atom is -0.324 e. The fourth-order valence-electron chi connectivity index (χ4n) is 1.54. The van der Waals surface area contributed by atoms with E-state index in [0.717, 1.165) is 4.90 Å². The molecule has 100 valence electrons. The van der Waals surface area contributed by atoms with E-state index in [1.165, 1.54) is 11.8 Å². The standard InChI is InChI=1S/C15H11ClN2OS/c16-13-7-6-11(9-17)8-14(13)18-15(19)10-20-12-4-2-1-3-5-12/h1-8H,10H2,(H,18,19). The molecule has 0 radical (unpaired) electrons. The zero-order chi connectivity index (χ0) is 14.4. The van der Waals surface area contributed by atoms with Crippen molar-refractivity contribution in [2.75, 3.05) is 11.1 Å². The first-order valence-corrected chi connectivity index (χ1v) is 7.23. The predicted molar refractivity (Wildman–Crippen MR) is 82.0 cm³/mol. The minimum atomic E-state index is -0.157. The molecule has 2 aromatic rings. The van der Waals surface area contributed by atoms with Gasteiger partial charge in [-0.2, -0.15) is 5.26 Å². The molecule has 0 aromatic heterocycles. The third-order valence-corrected chi connectivity index (χ3v) is 3.82. The first-order valence-electron chi connectivity index (χ1n) is 5.86. The summed E-state index contributed by atoms with van der Waals surface area (Å²) in [5.41, 5.74) is 0.921. The predicted octanol–water partition coefficient (Wildman–Crippen LogP) is 3.94. The van der Waals surface area contributed by atoms with Gasteiger partial charge < -0.3 is 5.32 Å². The van der Waals surface area contributed by atoms with Gasteiger partial charge in [-0.15, -0.1) is 11.8 Å². The molecule has 0 spiro atoms. The van der Waals surface area contributed by atoms with Crippen molar-refractivity contribution in [2.24, 2.45) is 0 Å². The summed E-state index contributed by atoms with van der Waals surface area (Å²) in [4.78, 5) is 12.9. The van der Waals surface area contributed by atoms with Crippen LogP contribution in [0.15, 0.2) is 53.4 Å². The Bertz CT molecular complexity index is 653. The quantitative estimate of drug-likeness (QED) is 0.870. The minimum absolute atomic E-state index is 0.157. The molecule has 0 aliphatic carbocycles. The second kappa shape index (κ2) is 6.99. The Morgan fingerprint density at radius 2 is 2.00 bits per heavy atom. The van der Waals surface area contributed by atoms with Gasteiger partial charge in [-0.1, -0.05) is 29.8 Å². The number of thioether (sulfide) groups is 1. The van der Waals surface area contributed by atoms with E-state index in [9.17, 15) is 4.79 Å². The largest absolute Gasteiger partial charge is 0.324 e. The molecular weight excluding hydrogens is 292 g/mol. The molecule has 0 aliphatic heterocycles. The van der Waals surface area contributed by atoms with E-state index in [-0.39, 0.29) is 11.7 Å². The monoisotopic (exact) mass is 302 g/mol. The van der Waals surface area contributed by atoms with Crippen molar-refractivity contribution in [3.8, 4) is 6.07 Å². The summed E-state index contributed by atoms with van der Waals surface area (Å²) in [6.45, 7) is 0. The number of benzene rings is 2. The van der Waals surface area contributed by atoms with Crippen LogP contribution in [0, 0.1) is 11.3 Å². The number of carbonyl (C=O) groups excluding carboxylic acids is 1. The summed E-state index contributed by atoms with van der Waals surface area (Å²) in [5.74, 6) is 0.132. The summed E-state index contributed by atoms with van der Waals surface area (Å²) in [5, 5.41) is 12.0. The van der Waals surface area contributed by atoms with Crippen LogP contribution in [0.3, 0.4) is 0 Å². The Morgan fingerprint density at radius 1 is 1.25 bits per heavy atom. The van der Waals surface area contributed by atoms with Crippen molar-refractivity contribution in [3.63, 3.8) is 0 Å². The van der Waals surface area contributed by atoms with E-state index in [4.69, 9.17) is 16.9 Å². The van der Waals surface area contributed by atoms with E-state index in [1.54, 1.807) is 18.2 Å². The van der Waals surface area contributed by atoms with Crippen molar-refractivity contribution in [2.45, 2.75) is 4.90 Å². The number of rotatable bonds is 4. The summed E-state index contributed by atoms with van der Waals surface area (Å²) in [6, 6.07) is 16.4. The van der Waals surface area contributed by atoms with Crippen LogP contribution in [-0.2, 0) is 4.79 Å². The van der Waals surface area contributed by atoms with E-state index in [0.29, 0.717) is 16.3 Å². The first kappa shape index (κ1) is 14.4. The highest BCUT2D eigenvalue weighted by Crippen LogP contribution is 2.23. The SMILES string of the molecule is N#Cc1ccc(Cl)c(NC(=O)CSc2ccccc2)c1. The van der Waals surface area contributed by atoms with Crippen LogP contribution in [0.1, 0.15) is 5.56 Å². The average Bonchev–Trinajstić information content (AvgIpc) is 2.48.